The van der Waals surface area contributed by atoms with Gasteiger partial charge in [0.25, 0.3) is 0 Å². The Hall–Kier alpha value is -1.83. The van der Waals surface area contributed by atoms with Gasteiger partial charge in [-0.05, 0) is 18.1 Å². The van der Waals surface area contributed by atoms with Gasteiger partial charge in [0, 0.05) is 11.8 Å². The first kappa shape index (κ1) is 9.23. The first-order valence-corrected chi connectivity index (χ1v) is 5.99. The lowest BCUT2D eigenvalue weighted by atomic mass is 10.0. The Kier molecular flexibility index (Phi) is 1.57. The predicted octanol–water partition coefficient (Wildman–Crippen LogP) is 2.57. The molecule has 0 saturated heterocycles. The molecule has 2 nitrogen and oxygen atoms in total. The molecule has 1 saturated carbocycles. The Morgan fingerprint density at radius 1 is 1.24 bits per heavy atom. The molecule has 17 heavy (non-hydrogen) atoms. The molecule has 4 rings (SSSR count). The van der Waals surface area contributed by atoms with Gasteiger partial charge in [0.2, 0.25) is 0 Å². The smallest absolute Gasteiger partial charge is 0.339 e. The monoisotopic (exact) mass is 224 g/mol. The fourth-order valence-corrected chi connectivity index (χ4v) is 3.17. The lowest BCUT2D eigenvalue weighted by molar-refractivity contribution is -0.140. The summed E-state index contributed by atoms with van der Waals surface area (Å²) in [6.45, 7) is 0. The van der Waals surface area contributed by atoms with Crippen molar-refractivity contribution < 1.29 is 9.53 Å². The fourth-order valence-electron chi connectivity index (χ4n) is 3.17. The first-order valence-electron chi connectivity index (χ1n) is 5.99. The Labute approximate surface area is 99.6 Å². The van der Waals surface area contributed by atoms with Gasteiger partial charge in [-0.15, -0.1) is 0 Å². The van der Waals surface area contributed by atoms with Crippen molar-refractivity contribution in [2.45, 2.75) is 12.0 Å². The number of carbonyl (C=O) groups excluding carboxylic acids is 1. The summed E-state index contributed by atoms with van der Waals surface area (Å²) >= 11 is 0. The molecule has 0 aromatic heterocycles. The molecular weight excluding hydrogens is 212 g/mol. The Balaban J connectivity index is 1.76. The normalized spacial score (nSPS) is 36.9. The highest BCUT2D eigenvalue weighted by atomic mass is 16.6. The Morgan fingerprint density at radius 2 is 2.06 bits per heavy atom. The van der Waals surface area contributed by atoms with E-state index in [1.807, 2.05) is 36.4 Å². The van der Waals surface area contributed by atoms with Crippen LogP contribution in [0.4, 0.5) is 0 Å². The molecule has 1 heterocycles. The van der Waals surface area contributed by atoms with E-state index in [0.717, 1.165) is 17.6 Å². The van der Waals surface area contributed by atoms with Crippen molar-refractivity contribution in [3.05, 3.63) is 54.1 Å². The van der Waals surface area contributed by atoms with Gasteiger partial charge in [-0.3, -0.25) is 0 Å². The third-order valence-electron chi connectivity index (χ3n) is 4.10. The van der Waals surface area contributed by atoms with Crippen LogP contribution in [-0.4, -0.2) is 11.6 Å². The van der Waals surface area contributed by atoms with Crippen molar-refractivity contribution in [2.75, 3.05) is 0 Å². The number of esters is 1. The summed E-state index contributed by atoms with van der Waals surface area (Å²) in [7, 11) is 0. The highest BCUT2D eigenvalue weighted by Crippen LogP contribution is 2.63. The van der Waals surface area contributed by atoms with Crippen molar-refractivity contribution in [2.24, 2.45) is 11.8 Å². The molecule has 2 heteroatoms. The summed E-state index contributed by atoms with van der Waals surface area (Å²) in [5.74, 6) is 0.749. The van der Waals surface area contributed by atoms with E-state index in [-0.39, 0.29) is 11.6 Å². The van der Waals surface area contributed by atoms with Crippen molar-refractivity contribution in [1.29, 1.82) is 0 Å². The van der Waals surface area contributed by atoms with Gasteiger partial charge in [-0.1, -0.05) is 42.5 Å². The third kappa shape index (κ3) is 1.08. The van der Waals surface area contributed by atoms with Gasteiger partial charge in [0.1, 0.15) is 5.60 Å². The van der Waals surface area contributed by atoms with Gasteiger partial charge in [0.15, 0.2) is 0 Å². The summed E-state index contributed by atoms with van der Waals surface area (Å²) in [6.07, 6.45) is 7.45. The third-order valence-corrected chi connectivity index (χ3v) is 4.10. The summed E-state index contributed by atoms with van der Waals surface area (Å²) in [4.78, 5) is 11.9. The minimum atomic E-state index is -0.295. The van der Waals surface area contributed by atoms with Crippen molar-refractivity contribution in [3.63, 3.8) is 0 Å². The van der Waals surface area contributed by atoms with Crippen LogP contribution in [0.25, 0.3) is 5.57 Å². The second-order valence-corrected chi connectivity index (χ2v) is 4.96. The topological polar surface area (TPSA) is 26.3 Å². The average molecular weight is 224 g/mol. The van der Waals surface area contributed by atoms with Crippen LogP contribution in [0.5, 0.6) is 0 Å². The molecule has 3 aliphatic rings. The minimum absolute atomic E-state index is 0.168. The number of benzene rings is 1. The van der Waals surface area contributed by atoms with E-state index < -0.39 is 0 Å². The zero-order valence-corrected chi connectivity index (χ0v) is 9.30. The molecule has 84 valence electrons. The van der Waals surface area contributed by atoms with Crippen molar-refractivity contribution >= 4 is 11.5 Å². The predicted molar refractivity (Wildman–Crippen MR) is 64.0 cm³/mol. The SMILES string of the molecule is O=C1O[C@@]2(C=C1c1ccccc1)[C@@H]1CC=C[C@@H]12. The number of hydrogen-bond donors (Lipinski definition) is 0. The highest BCUT2D eigenvalue weighted by molar-refractivity contribution is 6.19. The van der Waals surface area contributed by atoms with E-state index in [1.54, 1.807) is 0 Å². The molecule has 2 aliphatic carbocycles. The largest absolute Gasteiger partial charge is 0.450 e. The van der Waals surface area contributed by atoms with E-state index in [2.05, 4.69) is 12.2 Å². The quantitative estimate of drug-likeness (QED) is 0.541. The van der Waals surface area contributed by atoms with Crippen molar-refractivity contribution in [1.82, 2.24) is 0 Å². The maximum absolute atomic E-state index is 11.9. The van der Waals surface area contributed by atoms with E-state index in [9.17, 15) is 4.79 Å². The zero-order chi connectivity index (χ0) is 11.5. The van der Waals surface area contributed by atoms with Crippen LogP contribution in [0.3, 0.4) is 0 Å². The molecule has 0 bridgehead atoms. The highest BCUT2D eigenvalue weighted by Gasteiger charge is 2.69. The molecule has 0 amide bonds. The van der Waals surface area contributed by atoms with E-state index in [1.165, 1.54) is 0 Å². The first-order chi connectivity index (χ1) is 8.31. The second kappa shape index (κ2) is 2.89. The van der Waals surface area contributed by atoms with E-state index in [4.69, 9.17) is 4.74 Å². The number of rotatable bonds is 1. The van der Waals surface area contributed by atoms with E-state index >= 15 is 0 Å². The molecule has 0 radical (unpaired) electrons. The molecule has 1 spiro atoms. The van der Waals surface area contributed by atoms with Crippen LogP contribution in [-0.2, 0) is 9.53 Å². The molecular formula is C15H12O2. The number of fused-ring (bicyclic) bond motifs is 3. The molecule has 3 atom stereocenters. The summed E-state index contributed by atoms with van der Waals surface area (Å²) in [6, 6.07) is 9.76. The lowest BCUT2D eigenvalue weighted by Crippen LogP contribution is -2.14. The van der Waals surface area contributed by atoms with Crippen molar-refractivity contribution in [3.8, 4) is 0 Å². The molecule has 0 unspecified atom stereocenters. The number of carbonyl (C=O) groups is 1. The minimum Gasteiger partial charge on any atom is -0.450 e. The van der Waals surface area contributed by atoms with E-state index in [0.29, 0.717) is 11.8 Å². The molecule has 1 fully saturated rings. The molecule has 0 N–H and O–H groups in total. The van der Waals surface area contributed by atoms with Gasteiger partial charge in [0.05, 0.1) is 5.57 Å². The zero-order valence-electron chi connectivity index (χ0n) is 9.30. The van der Waals surface area contributed by atoms with Crippen LogP contribution in [0.15, 0.2) is 48.6 Å². The Bertz CT molecular complexity index is 556. The lowest BCUT2D eigenvalue weighted by Gasteiger charge is -2.08. The molecule has 1 aliphatic heterocycles. The number of allylic oxidation sites excluding steroid dienone is 1. The van der Waals surface area contributed by atoms with Crippen LogP contribution in [0.1, 0.15) is 12.0 Å². The fraction of sp³-hybridized carbons (Fsp3) is 0.267. The van der Waals surface area contributed by atoms with Crippen LogP contribution in [0, 0.1) is 11.8 Å². The van der Waals surface area contributed by atoms with Gasteiger partial charge >= 0.3 is 5.97 Å². The van der Waals surface area contributed by atoms with Gasteiger partial charge in [-0.25, -0.2) is 4.79 Å². The average Bonchev–Trinajstić information content (AvgIpc) is 2.77. The standard InChI is InChI=1S/C15H12O2/c16-14-11(10-5-2-1-3-6-10)9-15(17-14)12-7-4-8-13(12)15/h1-7,9,12-13H,8H2/t12-,13+,15+/m0/s1. The number of ether oxygens (including phenoxy) is 1. The summed E-state index contributed by atoms with van der Waals surface area (Å²) in [5, 5.41) is 0. The van der Waals surface area contributed by atoms with Crippen LogP contribution >= 0.6 is 0 Å². The van der Waals surface area contributed by atoms with Crippen LogP contribution < -0.4 is 0 Å². The second-order valence-electron chi connectivity index (χ2n) is 4.96. The van der Waals surface area contributed by atoms with Crippen LogP contribution in [0.2, 0.25) is 0 Å². The maximum atomic E-state index is 11.9. The molecule has 1 aromatic rings. The summed E-state index contributed by atoms with van der Waals surface area (Å²) < 4.78 is 5.61. The summed E-state index contributed by atoms with van der Waals surface area (Å²) in [5.41, 5.74) is 1.40. The molecule has 1 aromatic carbocycles. The Morgan fingerprint density at radius 3 is 2.76 bits per heavy atom. The maximum Gasteiger partial charge on any atom is 0.339 e. The van der Waals surface area contributed by atoms with Gasteiger partial charge in [-0.2, -0.15) is 0 Å². The van der Waals surface area contributed by atoms with Gasteiger partial charge < -0.3 is 4.74 Å². The number of hydrogen-bond acceptors (Lipinski definition) is 2.